The number of benzene rings is 2. The van der Waals surface area contributed by atoms with E-state index < -0.39 is 0 Å². The van der Waals surface area contributed by atoms with Gasteiger partial charge in [-0.15, -0.1) is 0 Å². The van der Waals surface area contributed by atoms with Crippen LogP contribution in [0.2, 0.25) is 0 Å². The summed E-state index contributed by atoms with van der Waals surface area (Å²) in [6, 6.07) is 17.5. The summed E-state index contributed by atoms with van der Waals surface area (Å²) in [5, 5.41) is 0. The lowest BCUT2D eigenvalue weighted by molar-refractivity contribution is 0.0164. The Hall–Kier alpha value is -1.72. The Morgan fingerprint density at radius 3 is 1.05 bits per heavy atom. The van der Waals surface area contributed by atoms with E-state index in [0.717, 1.165) is 26.2 Å². The van der Waals surface area contributed by atoms with Crippen molar-refractivity contribution in [1.29, 1.82) is 0 Å². The summed E-state index contributed by atoms with van der Waals surface area (Å²) >= 11 is 0. The van der Waals surface area contributed by atoms with Gasteiger partial charge >= 0.3 is 0 Å². The first kappa shape index (κ1) is 38.5. The molecule has 0 saturated carbocycles. The topological polar surface area (TPSA) is 24.9 Å². The Balaban J connectivity index is 1.99. The maximum Gasteiger partial charge on any atom is 0.0994 e. The molecule has 0 amide bonds. The third-order valence-electron chi connectivity index (χ3n) is 8.70. The average molecular weight is 609 g/mol. The van der Waals surface area contributed by atoms with Crippen LogP contribution in [0, 0.1) is 0 Å². The zero-order valence-corrected chi connectivity index (χ0v) is 29.3. The highest BCUT2D eigenvalue weighted by Gasteiger charge is 2.12. The number of nitrogens with zero attached hydrogens (tertiary/aromatic N) is 2. The third-order valence-corrected chi connectivity index (χ3v) is 8.70. The minimum Gasteiger partial charge on any atom is -0.361 e. The van der Waals surface area contributed by atoms with Crippen molar-refractivity contribution < 1.29 is 9.47 Å². The third kappa shape index (κ3) is 17.1. The van der Waals surface area contributed by atoms with E-state index in [1.807, 2.05) is 0 Å². The summed E-state index contributed by atoms with van der Waals surface area (Å²) in [4.78, 5) is 5.07. The Morgan fingerprint density at radius 2 is 0.727 bits per heavy atom. The molecule has 4 heteroatoms. The summed E-state index contributed by atoms with van der Waals surface area (Å²) in [7, 11) is 0. The van der Waals surface area contributed by atoms with Gasteiger partial charge in [-0.25, -0.2) is 0 Å². The highest BCUT2D eigenvalue weighted by molar-refractivity contribution is 5.70. The van der Waals surface area contributed by atoms with Gasteiger partial charge in [0.05, 0.1) is 26.7 Å². The molecule has 2 rings (SSSR count). The second kappa shape index (κ2) is 26.5. The zero-order chi connectivity index (χ0) is 31.5. The Labute approximate surface area is 272 Å². The molecule has 0 fully saturated rings. The molecule has 0 aliphatic carbocycles. The minimum atomic E-state index is 0.634. The molecule has 0 saturated heterocycles. The van der Waals surface area contributed by atoms with Crippen LogP contribution in [0.3, 0.4) is 0 Å². The van der Waals surface area contributed by atoms with Crippen molar-refractivity contribution in [3.8, 4) is 11.1 Å². The standard InChI is InChI=1S/C40H68N2O2/c1-5-9-13-21-29-41(30-22-14-10-6-2)35-43-33-37-25-17-19-27-39(37)40-28-20-18-26-38(40)34-44-36-42(31-23-15-11-7-3)32-24-16-12-8-4/h17-20,25-28H,5-16,21-24,29-36H2,1-4H3. The van der Waals surface area contributed by atoms with E-state index in [2.05, 4.69) is 86.0 Å². The van der Waals surface area contributed by atoms with Gasteiger partial charge in [0.1, 0.15) is 0 Å². The number of ether oxygens (including phenoxy) is 2. The molecule has 44 heavy (non-hydrogen) atoms. The molecule has 0 aliphatic heterocycles. The fraction of sp³-hybridized carbons (Fsp3) is 0.700. The molecule has 0 unspecified atom stereocenters. The minimum absolute atomic E-state index is 0.634. The molecule has 0 spiro atoms. The summed E-state index contributed by atoms with van der Waals surface area (Å²) < 4.78 is 12.8. The number of hydrogen-bond acceptors (Lipinski definition) is 4. The van der Waals surface area contributed by atoms with Crippen LogP contribution in [0.25, 0.3) is 11.1 Å². The van der Waals surface area contributed by atoms with E-state index in [4.69, 9.17) is 9.47 Å². The maximum absolute atomic E-state index is 6.41. The Morgan fingerprint density at radius 1 is 0.409 bits per heavy atom. The number of unbranched alkanes of at least 4 members (excludes halogenated alkanes) is 12. The van der Waals surface area contributed by atoms with E-state index in [-0.39, 0.29) is 0 Å². The Bertz CT molecular complexity index is 834. The lowest BCUT2D eigenvalue weighted by Gasteiger charge is -2.23. The molecular weight excluding hydrogens is 540 g/mol. The van der Waals surface area contributed by atoms with Gasteiger partial charge in [-0.05, 0) is 47.9 Å². The van der Waals surface area contributed by atoms with Crippen molar-refractivity contribution in [3.63, 3.8) is 0 Å². The quantitative estimate of drug-likeness (QED) is 0.0677. The second-order valence-corrected chi connectivity index (χ2v) is 12.7. The van der Waals surface area contributed by atoms with Gasteiger partial charge in [-0.2, -0.15) is 0 Å². The van der Waals surface area contributed by atoms with Crippen LogP contribution in [0.1, 0.15) is 142 Å². The molecule has 2 aromatic rings. The maximum atomic E-state index is 6.41. The van der Waals surface area contributed by atoms with Crippen molar-refractivity contribution in [2.24, 2.45) is 0 Å². The van der Waals surface area contributed by atoms with Crippen molar-refractivity contribution in [2.75, 3.05) is 39.6 Å². The van der Waals surface area contributed by atoms with Gasteiger partial charge in [-0.1, -0.05) is 153 Å². The summed E-state index contributed by atoms with van der Waals surface area (Å²) in [5.74, 6) is 0. The predicted molar refractivity (Wildman–Crippen MR) is 191 cm³/mol. The van der Waals surface area contributed by atoms with Crippen LogP contribution in [-0.4, -0.2) is 49.4 Å². The number of hydrogen-bond donors (Lipinski definition) is 0. The highest BCUT2D eigenvalue weighted by atomic mass is 16.5. The fourth-order valence-electron chi connectivity index (χ4n) is 5.92. The first-order valence-corrected chi connectivity index (χ1v) is 18.5. The molecule has 2 aromatic carbocycles. The summed E-state index contributed by atoms with van der Waals surface area (Å²) in [6.45, 7) is 16.4. The van der Waals surface area contributed by atoms with E-state index in [1.54, 1.807) is 0 Å². The monoisotopic (exact) mass is 609 g/mol. The molecule has 0 N–H and O–H groups in total. The lowest BCUT2D eigenvalue weighted by atomic mass is 9.96. The SMILES string of the molecule is CCCCCCN(CCCCCC)COCc1ccccc1-c1ccccc1COCN(CCCCCC)CCCCCC. The second-order valence-electron chi connectivity index (χ2n) is 12.7. The van der Waals surface area contributed by atoms with Crippen LogP contribution < -0.4 is 0 Å². The molecule has 0 atom stereocenters. The van der Waals surface area contributed by atoms with Gasteiger partial charge in [-0.3, -0.25) is 9.80 Å². The molecule has 0 bridgehead atoms. The van der Waals surface area contributed by atoms with Crippen LogP contribution in [0.4, 0.5) is 0 Å². The smallest absolute Gasteiger partial charge is 0.0994 e. The Kier molecular flexibility index (Phi) is 23.2. The first-order chi connectivity index (χ1) is 21.7. The van der Waals surface area contributed by atoms with E-state index >= 15 is 0 Å². The molecule has 250 valence electrons. The van der Waals surface area contributed by atoms with E-state index in [0.29, 0.717) is 26.7 Å². The predicted octanol–water partition coefficient (Wildman–Crippen LogP) is 11.2. The average Bonchev–Trinajstić information content (AvgIpc) is 3.05. The largest absolute Gasteiger partial charge is 0.361 e. The van der Waals surface area contributed by atoms with Crippen molar-refractivity contribution in [3.05, 3.63) is 59.7 Å². The van der Waals surface area contributed by atoms with Crippen LogP contribution in [0.5, 0.6) is 0 Å². The van der Waals surface area contributed by atoms with Crippen molar-refractivity contribution in [2.45, 2.75) is 144 Å². The highest BCUT2D eigenvalue weighted by Crippen LogP contribution is 2.28. The number of rotatable bonds is 29. The molecule has 0 radical (unpaired) electrons. The first-order valence-electron chi connectivity index (χ1n) is 18.5. The molecule has 4 nitrogen and oxygen atoms in total. The molecule has 0 aromatic heterocycles. The van der Waals surface area contributed by atoms with Gasteiger partial charge in [0, 0.05) is 26.2 Å². The van der Waals surface area contributed by atoms with Gasteiger partial charge in [0.2, 0.25) is 0 Å². The summed E-state index contributed by atoms with van der Waals surface area (Å²) in [5.41, 5.74) is 5.04. The van der Waals surface area contributed by atoms with Crippen LogP contribution in [0.15, 0.2) is 48.5 Å². The normalized spacial score (nSPS) is 11.7. The van der Waals surface area contributed by atoms with Crippen molar-refractivity contribution >= 4 is 0 Å². The van der Waals surface area contributed by atoms with Crippen molar-refractivity contribution in [1.82, 2.24) is 9.80 Å². The summed E-state index contributed by atoms with van der Waals surface area (Å²) in [6.07, 6.45) is 20.8. The van der Waals surface area contributed by atoms with Gasteiger partial charge in [0.15, 0.2) is 0 Å². The zero-order valence-electron chi connectivity index (χ0n) is 29.3. The van der Waals surface area contributed by atoms with Gasteiger partial charge < -0.3 is 9.47 Å². The molecule has 0 heterocycles. The molecule has 0 aliphatic rings. The molecular formula is C40H68N2O2. The van der Waals surface area contributed by atoms with Gasteiger partial charge in [0.25, 0.3) is 0 Å². The van der Waals surface area contributed by atoms with Crippen LogP contribution in [-0.2, 0) is 22.7 Å². The lowest BCUT2D eigenvalue weighted by Crippen LogP contribution is -2.29. The fourth-order valence-corrected chi connectivity index (χ4v) is 5.92. The van der Waals surface area contributed by atoms with Crippen LogP contribution >= 0.6 is 0 Å². The van der Waals surface area contributed by atoms with E-state index in [9.17, 15) is 0 Å². The van der Waals surface area contributed by atoms with E-state index in [1.165, 1.54) is 125 Å².